The first-order valence-corrected chi connectivity index (χ1v) is 14.7. The van der Waals surface area contributed by atoms with E-state index in [-0.39, 0.29) is 0 Å². The van der Waals surface area contributed by atoms with E-state index in [9.17, 15) is 0 Å². The number of hydrogen-bond donors (Lipinski definition) is 2. The molecule has 2 N–H and O–H groups in total. The number of aliphatic imine (C=N–C) groups is 2. The van der Waals surface area contributed by atoms with Crippen molar-refractivity contribution < 1.29 is 28.6 Å². The fourth-order valence-corrected chi connectivity index (χ4v) is 4.54. The lowest BCUT2D eigenvalue weighted by molar-refractivity contribution is 0.144. The van der Waals surface area contributed by atoms with Gasteiger partial charge in [-0.2, -0.15) is 0 Å². The minimum atomic E-state index is 0.661. The van der Waals surface area contributed by atoms with Gasteiger partial charge in [-0.25, -0.2) is 11.0 Å². The van der Waals surface area contributed by atoms with Gasteiger partial charge in [-0.15, -0.1) is 0 Å². The summed E-state index contributed by atoms with van der Waals surface area (Å²) >= 11 is 0. The lowest BCUT2D eigenvalue weighted by atomic mass is 10.1. The van der Waals surface area contributed by atoms with Crippen molar-refractivity contribution in [1.82, 2.24) is 11.0 Å². The van der Waals surface area contributed by atoms with Crippen LogP contribution in [0.25, 0.3) is 0 Å². The Bertz CT molecular complexity index is 1010. The molecule has 0 saturated heterocycles. The van der Waals surface area contributed by atoms with E-state index < -0.39 is 0 Å². The molecule has 0 fully saturated rings. The second kappa shape index (κ2) is 21.2. The minimum Gasteiger partial charge on any atom is -0.493 e. The number of ether oxygens (including phenoxy) is 4. The van der Waals surface area contributed by atoms with Crippen LogP contribution >= 0.6 is 0 Å². The number of nitrogens with zero attached hydrogens (tertiary/aromatic N) is 2. The highest BCUT2D eigenvalue weighted by Crippen LogP contribution is 2.28. The molecule has 0 aromatic heterocycles. The quantitative estimate of drug-likeness (QED) is 0.0781. The standard InChI is InChI=1S/C32H50N4O6/c1-37-27-19-17-25(23-29(27)39-3)31(35-41-5)33-21-15-13-11-9-7-8-10-12-14-16-22-34-32(36-42-6)26-18-20-28(38-2)30(24-26)40-4/h17-20,23-24H,7-16,21-22H2,1-6H3,(H,33,35)(H,34,36). The highest BCUT2D eigenvalue weighted by atomic mass is 16.6. The summed E-state index contributed by atoms with van der Waals surface area (Å²) in [6.07, 6.45) is 12.0. The summed E-state index contributed by atoms with van der Waals surface area (Å²) in [5, 5.41) is 0. The maximum atomic E-state index is 5.41. The molecule has 0 aliphatic heterocycles. The van der Waals surface area contributed by atoms with E-state index in [1.807, 2.05) is 36.4 Å². The van der Waals surface area contributed by atoms with Crippen molar-refractivity contribution in [3.05, 3.63) is 47.5 Å². The third-order valence-electron chi connectivity index (χ3n) is 6.82. The first-order chi connectivity index (χ1) is 20.6. The largest absolute Gasteiger partial charge is 0.493 e. The van der Waals surface area contributed by atoms with Crippen LogP contribution in [0.2, 0.25) is 0 Å². The fraction of sp³-hybridized carbons (Fsp3) is 0.562. The van der Waals surface area contributed by atoms with E-state index in [4.69, 9.17) is 38.6 Å². The highest BCUT2D eigenvalue weighted by molar-refractivity contribution is 5.99. The fourth-order valence-electron chi connectivity index (χ4n) is 4.54. The predicted octanol–water partition coefficient (Wildman–Crippen LogP) is 6.12. The first kappa shape index (κ1) is 34.7. The number of hydroxylamine groups is 2. The average Bonchev–Trinajstić information content (AvgIpc) is 3.03. The summed E-state index contributed by atoms with van der Waals surface area (Å²) in [6, 6.07) is 11.4. The van der Waals surface area contributed by atoms with E-state index in [2.05, 4.69) is 11.0 Å². The van der Waals surface area contributed by atoms with Gasteiger partial charge in [0, 0.05) is 24.2 Å². The van der Waals surface area contributed by atoms with Crippen LogP contribution in [0.3, 0.4) is 0 Å². The summed E-state index contributed by atoms with van der Waals surface area (Å²) in [5.74, 6) is 4.07. The van der Waals surface area contributed by atoms with Crippen LogP contribution in [-0.4, -0.2) is 67.4 Å². The molecule has 2 aromatic carbocycles. The van der Waals surface area contributed by atoms with Crippen LogP contribution in [0, 0.1) is 0 Å². The Kier molecular flexibility index (Phi) is 17.5. The van der Waals surface area contributed by atoms with Crippen LogP contribution in [0.5, 0.6) is 23.0 Å². The molecule has 10 nitrogen and oxygen atoms in total. The van der Waals surface area contributed by atoms with E-state index >= 15 is 0 Å². The molecule has 2 aromatic rings. The summed E-state index contributed by atoms with van der Waals surface area (Å²) in [5.41, 5.74) is 7.56. The van der Waals surface area contributed by atoms with Gasteiger partial charge in [0.1, 0.15) is 0 Å². The van der Waals surface area contributed by atoms with Crippen molar-refractivity contribution in [2.45, 2.75) is 64.2 Å². The molecule has 0 aliphatic carbocycles. The number of nitrogens with one attached hydrogen (secondary N) is 2. The van der Waals surface area contributed by atoms with Gasteiger partial charge in [-0.1, -0.05) is 51.4 Å². The Morgan fingerprint density at radius 2 is 0.810 bits per heavy atom. The molecule has 0 radical (unpaired) electrons. The van der Waals surface area contributed by atoms with Gasteiger partial charge in [0.2, 0.25) is 0 Å². The molecule has 42 heavy (non-hydrogen) atoms. The normalized spacial score (nSPS) is 11.8. The number of methoxy groups -OCH3 is 4. The Morgan fingerprint density at radius 1 is 0.476 bits per heavy atom. The maximum Gasteiger partial charge on any atom is 0.161 e. The summed E-state index contributed by atoms with van der Waals surface area (Å²) in [6.45, 7) is 1.49. The van der Waals surface area contributed by atoms with Gasteiger partial charge in [0.25, 0.3) is 0 Å². The van der Waals surface area contributed by atoms with E-state index in [0.717, 1.165) is 37.1 Å². The molecular formula is C32H50N4O6. The molecule has 0 atom stereocenters. The Morgan fingerprint density at radius 3 is 1.12 bits per heavy atom. The van der Waals surface area contributed by atoms with Crippen molar-refractivity contribution in [1.29, 1.82) is 0 Å². The Balaban J connectivity index is 1.59. The number of benzene rings is 2. The lowest BCUT2D eigenvalue weighted by Crippen LogP contribution is -2.23. The van der Waals surface area contributed by atoms with Crippen molar-refractivity contribution >= 4 is 11.7 Å². The zero-order chi connectivity index (χ0) is 30.4. The molecule has 10 heteroatoms. The molecule has 0 heterocycles. The summed E-state index contributed by atoms with van der Waals surface area (Å²) in [7, 11) is 9.67. The molecular weight excluding hydrogens is 536 g/mol. The Labute approximate surface area is 251 Å². The molecule has 234 valence electrons. The number of unbranched alkanes of at least 4 members (excludes halogenated alkanes) is 9. The van der Waals surface area contributed by atoms with Gasteiger partial charge in [0.15, 0.2) is 34.7 Å². The highest BCUT2D eigenvalue weighted by Gasteiger charge is 2.10. The van der Waals surface area contributed by atoms with Gasteiger partial charge in [-0.3, -0.25) is 19.7 Å². The molecule has 0 aliphatic rings. The smallest absolute Gasteiger partial charge is 0.161 e. The second-order valence-corrected chi connectivity index (χ2v) is 9.75. The molecule has 0 amide bonds. The van der Waals surface area contributed by atoms with Crippen LogP contribution in [0.1, 0.15) is 75.3 Å². The lowest BCUT2D eigenvalue weighted by Gasteiger charge is -2.12. The molecule has 2 rings (SSSR count). The molecule has 0 spiro atoms. The van der Waals surface area contributed by atoms with Gasteiger partial charge < -0.3 is 18.9 Å². The number of amidine groups is 2. The van der Waals surface area contributed by atoms with Crippen LogP contribution in [0.4, 0.5) is 0 Å². The SMILES string of the molecule is CONC(=NCCCCCCCCCCCCN=C(NOC)c1ccc(OC)c(OC)c1)c1ccc(OC)c(OC)c1. The predicted molar refractivity (Wildman–Crippen MR) is 168 cm³/mol. The zero-order valence-corrected chi connectivity index (χ0v) is 26.3. The van der Waals surface area contributed by atoms with E-state index in [1.165, 1.54) is 51.4 Å². The molecule has 0 unspecified atom stereocenters. The topological polar surface area (TPSA) is 104 Å². The number of rotatable bonds is 21. The zero-order valence-electron chi connectivity index (χ0n) is 26.3. The average molecular weight is 587 g/mol. The second-order valence-electron chi connectivity index (χ2n) is 9.75. The third-order valence-corrected chi connectivity index (χ3v) is 6.82. The minimum absolute atomic E-state index is 0.661. The van der Waals surface area contributed by atoms with Crippen LogP contribution < -0.4 is 29.9 Å². The first-order valence-electron chi connectivity index (χ1n) is 14.7. The van der Waals surface area contributed by atoms with Crippen molar-refractivity contribution in [2.24, 2.45) is 9.98 Å². The van der Waals surface area contributed by atoms with E-state index in [1.54, 1.807) is 42.7 Å². The van der Waals surface area contributed by atoms with Gasteiger partial charge >= 0.3 is 0 Å². The molecule has 0 saturated carbocycles. The van der Waals surface area contributed by atoms with Crippen molar-refractivity contribution in [3.8, 4) is 23.0 Å². The summed E-state index contributed by atoms with van der Waals surface area (Å²) in [4.78, 5) is 19.7. The van der Waals surface area contributed by atoms with Gasteiger partial charge in [0.05, 0.1) is 42.7 Å². The number of hydrogen-bond acceptors (Lipinski definition) is 8. The van der Waals surface area contributed by atoms with Crippen molar-refractivity contribution in [2.75, 3.05) is 55.7 Å². The summed E-state index contributed by atoms with van der Waals surface area (Å²) < 4.78 is 21.5. The van der Waals surface area contributed by atoms with Crippen LogP contribution in [0.15, 0.2) is 46.4 Å². The van der Waals surface area contributed by atoms with Gasteiger partial charge in [-0.05, 0) is 49.2 Å². The third kappa shape index (κ3) is 12.2. The monoisotopic (exact) mass is 586 g/mol. The maximum absolute atomic E-state index is 5.41. The van der Waals surface area contributed by atoms with E-state index in [0.29, 0.717) is 34.7 Å². The molecule has 0 bridgehead atoms. The Hall–Kier alpha value is -3.50. The van der Waals surface area contributed by atoms with Crippen molar-refractivity contribution in [3.63, 3.8) is 0 Å². The van der Waals surface area contributed by atoms with Crippen LogP contribution in [-0.2, 0) is 9.68 Å².